The minimum Gasteiger partial charge on any atom is -0.496 e. The van der Waals surface area contributed by atoms with Crippen molar-refractivity contribution in [1.29, 1.82) is 5.26 Å². The Balaban J connectivity index is 2.40. The van der Waals surface area contributed by atoms with Crippen LogP contribution in [0, 0.1) is 11.3 Å². The highest BCUT2D eigenvalue weighted by atomic mass is 79.9. The number of anilines is 2. The number of benzene rings is 2. The third-order valence-electron chi connectivity index (χ3n) is 2.86. The lowest BCUT2D eigenvalue weighted by Gasteiger charge is -2.12. The predicted molar refractivity (Wildman–Crippen MR) is 84.2 cm³/mol. The van der Waals surface area contributed by atoms with Crippen molar-refractivity contribution in [2.24, 2.45) is 0 Å². The molecule has 0 aliphatic carbocycles. The normalized spacial score (nSPS) is 9.76. The first-order valence-electron chi connectivity index (χ1n) is 6.00. The molecule has 1 amide bonds. The lowest BCUT2D eigenvalue weighted by Crippen LogP contribution is -2.16. The van der Waals surface area contributed by atoms with Crippen LogP contribution in [0.25, 0.3) is 0 Å². The second kappa shape index (κ2) is 6.29. The summed E-state index contributed by atoms with van der Waals surface area (Å²) in [7, 11) is 1.46. The zero-order valence-corrected chi connectivity index (χ0v) is 12.8. The van der Waals surface area contributed by atoms with Crippen molar-refractivity contribution in [1.82, 2.24) is 0 Å². The SMILES string of the molecule is COc1cccc(N)c1C(=O)Nc1cc(Br)ccc1C#N. The second-order valence-electron chi connectivity index (χ2n) is 4.18. The van der Waals surface area contributed by atoms with Gasteiger partial charge in [0.2, 0.25) is 0 Å². The number of nitrogens with two attached hydrogens (primary N) is 1. The molecule has 0 fully saturated rings. The van der Waals surface area contributed by atoms with Crippen molar-refractivity contribution >= 4 is 33.2 Å². The highest BCUT2D eigenvalue weighted by Gasteiger charge is 2.17. The van der Waals surface area contributed by atoms with Gasteiger partial charge in [-0.2, -0.15) is 5.26 Å². The maximum atomic E-state index is 12.4. The summed E-state index contributed by atoms with van der Waals surface area (Å²) in [6.07, 6.45) is 0. The molecule has 21 heavy (non-hydrogen) atoms. The van der Waals surface area contributed by atoms with Crippen LogP contribution >= 0.6 is 15.9 Å². The molecular weight excluding hydrogens is 334 g/mol. The first kappa shape index (κ1) is 14.9. The Morgan fingerprint density at radius 2 is 2.14 bits per heavy atom. The van der Waals surface area contributed by atoms with Gasteiger partial charge in [0, 0.05) is 10.2 Å². The number of hydrogen-bond acceptors (Lipinski definition) is 4. The van der Waals surface area contributed by atoms with E-state index in [9.17, 15) is 4.79 Å². The van der Waals surface area contributed by atoms with E-state index in [1.807, 2.05) is 6.07 Å². The van der Waals surface area contributed by atoms with Gasteiger partial charge in [-0.05, 0) is 30.3 Å². The van der Waals surface area contributed by atoms with E-state index < -0.39 is 5.91 Å². The Labute approximate surface area is 130 Å². The van der Waals surface area contributed by atoms with Crippen molar-refractivity contribution in [3.63, 3.8) is 0 Å². The Morgan fingerprint density at radius 3 is 2.81 bits per heavy atom. The van der Waals surface area contributed by atoms with Gasteiger partial charge in [-0.25, -0.2) is 0 Å². The Kier molecular flexibility index (Phi) is 4.45. The molecule has 2 rings (SSSR count). The summed E-state index contributed by atoms with van der Waals surface area (Å²) < 4.78 is 5.90. The number of rotatable bonds is 3. The first-order valence-corrected chi connectivity index (χ1v) is 6.79. The van der Waals surface area contributed by atoms with E-state index in [0.717, 1.165) is 4.47 Å². The Morgan fingerprint density at radius 1 is 1.38 bits per heavy atom. The van der Waals surface area contributed by atoms with Crippen LogP contribution in [0.4, 0.5) is 11.4 Å². The molecular formula is C15H12BrN3O2. The van der Waals surface area contributed by atoms with Crippen LogP contribution in [0.3, 0.4) is 0 Å². The third kappa shape index (κ3) is 3.15. The Bertz CT molecular complexity index is 738. The maximum absolute atomic E-state index is 12.4. The number of amides is 1. The molecule has 106 valence electrons. The molecule has 6 heteroatoms. The summed E-state index contributed by atoms with van der Waals surface area (Å²) >= 11 is 3.30. The fraction of sp³-hybridized carbons (Fsp3) is 0.0667. The molecule has 0 heterocycles. The van der Waals surface area contributed by atoms with Crippen LogP contribution in [-0.2, 0) is 0 Å². The lowest BCUT2D eigenvalue weighted by molar-refractivity contribution is 0.102. The molecule has 5 nitrogen and oxygen atoms in total. The van der Waals surface area contributed by atoms with E-state index in [1.54, 1.807) is 36.4 Å². The highest BCUT2D eigenvalue weighted by Crippen LogP contribution is 2.27. The van der Waals surface area contributed by atoms with Crippen molar-refractivity contribution in [2.45, 2.75) is 0 Å². The van der Waals surface area contributed by atoms with Crippen molar-refractivity contribution in [2.75, 3.05) is 18.2 Å². The number of hydrogen-bond donors (Lipinski definition) is 2. The molecule has 0 saturated carbocycles. The van der Waals surface area contributed by atoms with Gasteiger partial charge in [0.25, 0.3) is 5.91 Å². The second-order valence-corrected chi connectivity index (χ2v) is 5.10. The number of carbonyl (C=O) groups is 1. The molecule has 0 aliphatic rings. The number of ether oxygens (including phenoxy) is 1. The van der Waals surface area contributed by atoms with Gasteiger partial charge in [0.1, 0.15) is 17.4 Å². The van der Waals surface area contributed by atoms with E-state index >= 15 is 0 Å². The fourth-order valence-electron chi connectivity index (χ4n) is 1.86. The molecule has 0 radical (unpaired) electrons. The zero-order chi connectivity index (χ0) is 15.4. The van der Waals surface area contributed by atoms with Gasteiger partial charge in [-0.3, -0.25) is 4.79 Å². The molecule has 0 aliphatic heterocycles. The predicted octanol–water partition coefficient (Wildman–Crippen LogP) is 3.16. The average Bonchev–Trinajstić information content (AvgIpc) is 2.47. The molecule has 2 aromatic carbocycles. The first-order chi connectivity index (χ1) is 10.1. The fourth-order valence-corrected chi connectivity index (χ4v) is 2.22. The summed E-state index contributed by atoms with van der Waals surface area (Å²) in [5, 5.41) is 11.8. The summed E-state index contributed by atoms with van der Waals surface area (Å²) in [6.45, 7) is 0. The van der Waals surface area contributed by atoms with E-state index in [2.05, 4.69) is 21.2 Å². The number of nitriles is 1. The molecule has 2 aromatic rings. The highest BCUT2D eigenvalue weighted by molar-refractivity contribution is 9.10. The summed E-state index contributed by atoms with van der Waals surface area (Å²) in [6, 6.07) is 12.0. The van der Waals surface area contributed by atoms with Gasteiger partial charge < -0.3 is 15.8 Å². The number of halogens is 1. The topological polar surface area (TPSA) is 88.1 Å². The molecule has 0 spiro atoms. The van der Waals surface area contributed by atoms with Gasteiger partial charge in [-0.1, -0.05) is 22.0 Å². The number of nitrogens with zero attached hydrogens (tertiary/aromatic N) is 1. The van der Waals surface area contributed by atoms with Crippen LogP contribution in [0.1, 0.15) is 15.9 Å². The van der Waals surface area contributed by atoms with E-state index in [4.69, 9.17) is 15.7 Å². The van der Waals surface area contributed by atoms with Gasteiger partial charge in [-0.15, -0.1) is 0 Å². The zero-order valence-electron chi connectivity index (χ0n) is 11.2. The largest absolute Gasteiger partial charge is 0.496 e. The van der Waals surface area contributed by atoms with Gasteiger partial charge in [0.15, 0.2) is 0 Å². The third-order valence-corrected chi connectivity index (χ3v) is 3.35. The van der Waals surface area contributed by atoms with Gasteiger partial charge >= 0.3 is 0 Å². The minimum atomic E-state index is -0.431. The summed E-state index contributed by atoms with van der Waals surface area (Å²) in [4.78, 5) is 12.4. The molecule has 0 atom stereocenters. The molecule has 0 aromatic heterocycles. The minimum absolute atomic E-state index is 0.240. The Hall–Kier alpha value is -2.52. The number of nitrogen functional groups attached to an aromatic ring is 1. The van der Waals surface area contributed by atoms with Gasteiger partial charge in [0.05, 0.1) is 18.4 Å². The van der Waals surface area contributed by atoms with Crippen molar-refractivity contribution in [3.05, 3.63) is 52.0 Å². The summed E-state index contributed by atoms with van der Waals surface area (Å²) in [5.74, 6) is -0.0550. The number of methoxy groups -OCH3 is 1. The quantitative estimate of drug-likeness (QED) is 0.836. The van der Waals surface area contributed by atoms with Crippen molar-refractivity contribution < 1.29 is 9.53 Å². The summed E-state index contributed by atoms with van der Waals surface area (Å²) in [5.41, 5.74) is 7.15. The van der Waals surface area contributed by atoms with Crippen LogP contribution < -0.4 is 15.8 Å². The number of nitrogens with one attached hydrogen (secondary N) is 1. The van der Waals surface area contributed by atoms with Crippen LogP contribution in [0.5, 0.6) is 5.75 Å². The number of carbonyl (C=O) groups excluding carboxylic acids is 1. The average molecular weight is 346 g/mol. The molecule has 3 N–H and O–H groups in total. The van der Waals surface area contributed by atoms with E-state index in [-0.39, 0.29) is 5.56 Å². The van der Waals surface area contributed by atoms with Crippen molar-refractivity contribution in [3.8, 4) is 11.8 Å². The lowest BCUT2D eigenvalue weighted by atomic mass is 10.1. The standard InChI is InChI=1S/C15H12BrN3O2/c1-21-13-4-2-3-11(18)14(13)15(20)19-12-7-10(16)6-5-9(12)8-17/h2-7H,18H2,1H3,(H,19,20). The van der Waals surface area contributed by atoms with Crippen LogP contribution in [-0.4, -0.2) is 13.0 Å². The monoisotopic (exact) mass is 345 g/mol. The van der Waals surface area contributed by atoms with Crippen LogP contribution in [0.15, 0.2) is 40.9 Å². The van der Waals surface area contributed by atoms with Crippen LogP contribution in [0.2, 0.25) is 0 Å². The molecule has 0 unspecified atom stereocenters. The maximum Gasteiger partial charge on any atom is 0.261 e. The molecule has 0 bridgehead atoms. The van der Waals surface area contributed by atoms with E-state index in [1.165, 1.54) is 7.11 Å². The molecule has 0 saturated heterocycles. The van der Waals surface area contributed by atoms with E-state index in [0.29, 0.717) is 22.7 Å². The smallest absolute Gasteiger partial charge is 0.261 e.